The molecule has 39 heavy (non-hydrogen) atoms. The van der Waals surface area contributed by atoms with Crippen LogP contribution in [0.3, 0.4) is 0 Å². The number of hydrogen-bond donors (Lipinski definition) is 3. The van der Waals surface area contributed by atoms with Crippen molar-refractivity contribution in [3.8, 4) is 5.75 Å². The van der Waals surface area contributed by atoms with Gasteiger partial charge in [0.2, 0.25) is 0 Å². The second kappa shape index (κ2) is 12.7. The van der Waals surface area contributed by atoms with Crippen LogP contribution < -0.4 is 21.1 Å². The third-order valence-corrected chi connectivity index (χ3v) is 6.72. The molecule has 3 rings (SSSR count). The first-order chi connectivity index (χ1) is 18.3. The fraction of sp³-hybridized carbons (Fsp3) is 0.640. The molecule has 0 bridgehead atoms. The average Bonchev–Trinajstić information content (AvgIpc) is 3.69. The van der Waals surface area contributed by atoms with Crippen LogP contribution in [0.4, 0.5) is 27.2 Å². The van der Waals surface area contributed by atoms with Gasteiger partial charge >= 0.3 is 24.4 Å². The van der Waals surface area contributed by atoms with E-state index in [0.29, 0.717) is 19.0 Å². The van der Waals surface area contributed by atoms with E-state index in [1.807, 2.05) is 0 Å². The van der Waals surface area contributed by atoms with Crippen LogP contribution in [0.2, 0.25) is 0 Å². The molecule has 1 aromatic rings. The highest BCUT2D eigenvalue weighted by molar-refractivity contribution is 5.77. The van der Waals surface area contributed by atoms with Gasteiger partial charge in [-0.15, -0.1) is 13.2 Å². The van der Waals surface area contributed by atoms with Gasteiger partial charge in [0.25, 0.3) is 0 Å². The maximum atomic E-state index is 14.4. The Hall–Kier alpha value is -3.29. The summed E-state index contributed by atoms with van der Waals surface area (Å²) >= 11 is 0. The summed E-state index contributed by atoms with van der Waals surface area (Å²) in [6.45, 7) is 3.94. The minimum atomic E-state index is -4.95. The smallest absolute Gasteiger partial charge is 0.464 e. The minimum absolute atomic E-state index is 0.0180. The fourth-order valence-electron chi connectivity index (χ4n) is 4.50. The van der Waals surface area contributed by atoms with Crippen LogP contribution in [0.15, 0.2) is 18.2 Å². The molecule has 1 saturated heterocycles. The van der Waals surface area contributed by atoms with Gasteiger partial charge < -0.3 is 35.6 Å². The number of hydrogen-bond acceptors (Lipinski definition) is 6. The Morgan fingerprint density at radius 2 is 1.87 bits per heavy atom. The Bertz CT molecular complexity index is 1040. The van der Waals surface area contributed by atoms with Crippen molar-refractivity contribution in [2.24, 2.45) is 17.6 Å². The van der Waals surface area contributed by atoms with Gasteiger partial charge in [0.1, 0.15) is 17.6 Å². The first-order valence-electron chi connectivity index (χ1n) is 12.8. The minimum Gasteiger partial charge on any atom is -0.464 e. The van der Waals surface area contributed by atoms with Crippen LogP contribution in [-0.4, -0.2) is 79.1 Å². The third-order valence-electron chi connectivity index (χ3n) is 6.72. The highest BCUT2D eigenvalue weighted by Gasteiger charge is 2.42. The molecule has 0 radical (unpaired) electrons. The number of carbonyl (C=O) groups is 3. The number of likely N-dealkylation sites (tertiary alicyclic amines) is 1. The van der Waals surface area contributed by atoms with Gasteiger partial charge in [-0.1, -0.05) is 19.9 Å². The lowest BCUT2D eigenvalue weighted by Crippen LogP contribution is -2.58. The quantitative estimate of drug-likeness (QED) is 0.315. The SMILES string of the molecule is CNC(=O)N1C[C@@H](COC(=O)[C@@H](N)C(C)C)C[C@@H](N(C(=O)NCc2ccc(OC(F)(F)F)cc2F)C2CC2)C1. The van der Waals surface area contributed by atoms with Crippen molar-refractivity contribution in [1.82, 2.24) is 20.4 Å². The molecule has 1 aliphatic heterocycles. The molecule has 2 fully saturated rings. The van der Waals surface area contributed by atoms with E-state index in [1.165, 1.54) is 7.05 Å². The summed E-state index contributed by atoms with van der Waals surface area (Å²) in [5.41, 5.74) is 5.85. The van der Waals surface area contributed by atoms with E-state index in [1.54, 1.807) is 23.6 Å². The highest BCUT2D eigenvalue weighted by atomic mass is 19.4. The van der Waals surface area contributed by atoms with E-state index >= 15 is 0 Å². The van der Waals surface area contributed by atoms with Gasteiger partial charge in [-0.25, -0.2) is 14.0 Å². The summed E-state index contributed by atoms with van der Waals surface area (Å²) in [6.07, 6.45) is -2.99. The Balaban J connectivity index is 1.68. The highest BCUT2D eigenvalue weighted by Crippen LogP contribution is 2.33. The number of nitrogens with zero attached hydrogens (tertiary/aromatic N) is 2. The molecular formula is C25H35F4N5O5. The molecule has 2 aliphatic rings. The Labute approximate surface area is 224 Å². The molecule has 0 spiro atoms. The first-order valence-corrected chi connectivity index (χ1v) is 12.8. The number of benzene rings is 1. The zero-order valence-corrected chi connectivity index (χ0v) is 22.1. The maximum absolute atomic E-state index is 14.4. The van der Waals surface area contributed by atoms with Crippen LogP contribution in [-0.2, 0) is 16.1 Å². The second-order valence-corrected chi connectivity index (χ2v) is 10.2. The van der Waals surface area contributed by atoms with Crippen molar-refractivity contribution in [3.63, 3.8) is 0 Å². The van der Waals surface area contributed by atoms with Crippen molar-refractivity contribution in [1.29, 1.82) is 0 Å². The van der Waals surface area contributed by atoms with Crippen LogP contribution in [0, 0.1) is 17.7 Å². The molecule has 1 aromatic carbocycles. The summed E-state index contributed by atoms with van der Waals surface area (Å²) in [6, 6.07) is 0.593. The first kappa shape index (κ1) is 30.3. The number of amides is 4. The molecule has 1 saturated carbocycles. The number of nitrogens with one attached hydrogen (secondary N) is 2. The van der Waals surface area contributed by atoms with E-state index in [9.17, 15) is 31.9 Å². The second-order valence-electron chi connectivity index (χ2n) is 10.2. The van der Waals surface area contributed by atoms with Gasteiger partial charge in [-0.2, -0.15) is 0 Å². The van der Waals surface area contributed by atoms with Crippen LogP contribution in [0.5, 0.6) is 5.75 Å². The number of urea groups is 2. The van der Waals surface area contributed by atoms with E-state index in [2.05, 4.69) is 15.4 Å². The molecule has 4 amide bonds. The molecule has 1 heterocycles. The topological polar surface area (TPSA) is 126 Å². The number of piperidine rings is 1. The average molecular weight is 562 g/mol. The summed E-state index contributed by atoms with van der Waals surface area (Å²) in [5, 5.41) is 5.22. The van der Waals surface area contributed by atoms with Gasteiger partial charge in [0.15, 0.2) is 0 Å². The number of nitrogens with two attached hydrogens (primary N) is 1. The lowest BCUT2D eigenvalue weighted by molar-refractivity contribution is -0.274. The number of halogens is 4. The zero-order valence-electron chi connectivity index (χ0n) is 22.1. The molecule has 3 atom stereocenters. The molecule has 14 heteroatoms. The number of alkyl halides is 3. The number of carbonyl (C=O) groups excluding carboxylic acids is 3. The maximum Gasteiger partial charge on any atom is 0.573 e. The number of rotatable bonds is 9. The Kier molecular flexibility index (Phi) is 9.86. The van der Waals surface area contributed by atoms with Crippen LogP contribution in [0.1, 0.15) is 38.7 Å². The van der Waals surface area contributed by atoms with Gasteiger partial charge in [0, 0.05) is 50.3 Å². The van der Waals surface area contributed by atoms with Crippen molar-refractivity contribution in [2.45, 2.75) is 64.1 Å². The molecule has 0 unspecified atom stereocenters. The third kappa shape index (κ3) is 8.60. The fourth-order valence-corrected chi connectivity index (χ4v) is 4.50. The van der Waals surface area contributed by atoms with E-state index in [-0.39, 0.29) is 49.2 Å². The zero-order chi connectivity index (χ0) is 28.9. The summed E-state index contributed by atoms with van der Waals surface area (Å²) < 4.78 is 60.7. The van der Waals surface area contributed by atoms with Crippen molar-refractivity contribution in [2.75, 3.05) is 26.7 Å². The molecule has 218 valence electrons. The van der Waals surface area contributed by atoms with Gasteiger partial charge in [-0.3, -0.25) is 4.79 Å². The van der Waals surface area contributed by atoms with Gasteiger partial charge in [-0.05, 0) is 31.2 Å². The lowest BCUT2D eigenvalue weighted by atomic mass is 9.93. The largest absolute Gasteiger partial charge is 0.573 e. The normalized spacial score (nSPS) is 20.3. The monoisotopic (exact) mass is 561 g/mol. The Morgan fingerprint density at radius 3 is 2.44 bits per heavy atom. The van der Waals surface area contributed by atoms with Gasteiger partial charge in [0.05, 0.1) is 12.6 Å². The number of esters is 1. The van der Waals surface area contributed by atoms with Crippen molar-refractivity contribution in [3.05, 3.63) is 29.6 Å². The lowest BCUT2D eigenvalue weighted by Gasteiger charge is -2.42. The Morgan fingerprint density at radius 1 is 1.18 bits per heavy atom. The summed E-state index contributed by atoms with van der Waals surface area (Å²) in [5.74, 6) is -2.56. The summed E-state index contributed by atoms with van der Waals surface area (Å²) in [4.78, 5) is 41.2. The predicted octanol–water partition coefficient (Wildman–Crippen LogP) is 2.95. The van der Waals surface area contributed by atoms with E-state index in [0.717, 1.165) is 25.0 Å². The van der Waals surface area contributed by atoms with Crippen LogP contribution in [0.25, 0.3) is 0 Å². The summed E-state index contributed by atoms with van der Waals surface area (Å²) in [7, 11) is 1.49. The van der Waals surface area contributed by atoms with Crippen molar-refractivity contribution < 1.29 is 41.4 Å². The molecule has 0 aromatic heterocycles. The molecular weight excluding hydrogens is 526 g/mol. The number of ether oxygens (including phenoxy) is 2. The van der Waals surface area contributed by atoms with E-state index < -0.39 is 42.0 Å². The molecule has 1 aliphatic carbocycles. The molecule has 4 N–H and O–H groups in total. The van der Waals surface area contributed by atoms with Crippen molar-refractivity contribution >= 4 is 18.0 Å². The standard InChI is InChI=1S/C25H35F4N5O5/c1-14(2)21(30)22(35)38-13-15-8-18(12-33(11-15)23(36)31-3)34(17-5-6-17)24(37)32-10-16-4-7-19(9-20(16)26)39-25(27,28)29/h4,7,9,14-15,17-18,21H,5-6,8,10-13,30H2,1-3H3,(H,31,36)(H,32,37)/t15-,18+,21-/m0/s1. The van der Waals surface area contributed by atoms with E-state index in [4.69, 9.17) is 10.5 Å². The van der Waals surface area contributed by atoms with Crippen LogP contribution >= 0.6 is 0 Å². The molecule has 10 nitrogen and oxygen atoms in total. The predicted molar refractivity (Wildman–Crippen MR) is 132 cm³/mol.